The van der Waals surface area contributed by atoms with Gasteiger partial charge in [-0.1, -0.05) is 12.1 Å². The molecule has 0 spiro atoms. The monoisotopic (exact) mass is 524 g/mol. The van der Waals surface area contributed by atoms with Crippen molar-refractivity contribution in [3.05, 3.63) is 64.9 Å². The van der Waals surface area contributed by atoms with Gasteiger partial charge < -0.3 is 15.4 Å². The number of alkyl halides is 3. The fourth-order valence-corrected chi connectivity index (χ4v) is 6.24. The fraction of sp³-hybridized carbons (Fsp3) is 0.292. The molecule has 0 atom stereocenters. The van der Waals surface area contributed by atoms with Crippen molar-refractivity contribution in [2.45, 2.75) is 23.9 Å². The Labute approximate surface area is 205 Å². The van der Waals surface area contributed by atoms with Gasteiger partial charge in [-0.2, -0.15) is 24.5 Å². The first kappa shape index (κ1) is 25.2. The van der Waals surface area contributed by atoms with Crippen LogP contribution in [0, 0.1) is 5.92 Å². The van der Waals surface area contributed by atoms with Crippen LogP contribution in [0.1, 0.15) is 18.4 Å². The summed E-state index contributed by atoms with van der Waals surface area (Å²) in [5.74, 6) is -0.0322. The lowest BCUT2D eigenvalue weighted by molar-refractivity contribution is -0.137. The molecule has 186 valence electrons. The van der Waals surface area contributed by atoms with Crippen LogP contribution < -0.4 is 10.6 Å². The highest BCUT2D eigenvalue weighted by molar-refractivity contribution is 7.91. The van der Waals surface area contributed by atoms with Gasteiger partial charge in [-0.05, 0) is 71.5 Å². The standard InChI is InChI=1S/C24H23F3N2O4S2/c25-24(26,27)18-2-1-3-19(12-18)28-23(30)29-22-13-20(4-5-21(22)17-8-11-34-14-17)35(31,32)15-16-6-9-33-10-7-16/h1-5,8,11-14,16H,6-7,9-10,15H2,(H2,28,29,30). The number of benzene rings is 2. The summed E-state index contributed by atoms with van der Waals surface area (Å²) < 4.78 is 70.5. The van der Waals surface area contributed by atoms with E-state index in [1.165, 1.54) is 35.6 Å². The minimum Gasteiger partial charge on any atom is -0.381 e. The van der Waals surface area contributed by atoms with Crippen molar-refractivity contribution in [3.8, 4) is 11.1 Å². The van der Waals surface area contributed by atoms with Gasteiger partial charge in [0.05, 0.1) is 21.9 Å². The summed E-state index contributed by atoms with van der Waals surface area (Å²) in [4.78, 5) is 12.7. The van der Waals surface area contributed by atoms with Gasteiger partial charge in [-0.25, -0.2) is 13.2 Å². The van der Waals surface area contributed by atoms with E-state index in [0.717, 1.165) is 17.7 Å². The van der Waals surface area contributed by atoms with Gasteiger partial charge in [0.25, 0.3) is 0 Å². The molecule has 1 saturated heterocycles. The van der Waals surface area contributed by atoms with Gasteiger partial charge in [-0.3, -0.25) is 0 Å². The van der Waals surface area contributed by atoms with Crippen molar-refractivity contribution in [1.29, 1.82) is 0 Å². The summed E-state index contributed by atoms with van der Waals surface area (Å²) in [7, 11) is -3.63. The molecule has 11 heteroatoms. The Morgan fingerprint density at radius 1 is 1.06 bits per heavy atom. The fourth-order valence-electron chi connectivity index (χ4n) is 3.87. The second-order valence-corrected chi connectivity index (χ2v) is 11.0. The zero-order valence-electron chi connectivity index (χ0n) is 18.5. The number of rotatable bonds is 6. The topological polar surface area (TPSA) is 84.5 Å². The third kappa shape index (κ3) is 6.41. The molecule has 0 bridgehead atoms. The molecule has 2 amide bonds. The Bertz CT molecular complexity index is 1290. The maximum absolute atomic E-state index is 13.1. The van der Waals surface area contributed by atoms with E-state index in [4.69, 9.17) is 4.74 Å². The van der Waals surface area contributed by atoms with Crippen LogP contribution in [-0.4, -0.2) is 33.4 Å². The van der Waals surface area contributed by atoms with Crippen LogP contribution in [0.25, 0.3) is 11.1 Å². The summed E-state index contributed by atoms with van der Waals surface area (Å²) in [6, 6.07) is 9.83. The molecule has 0 unspecified atom stereocenters. The van der Waals surface area contributed by atoms with Crippen molar-refractivity contribution in [2.75, 3.05) is 29.6 Å². The Balaban J connectivity index is 1.59. The van der Waals surface area contributed by atoms with Crippen LogP contribution in [0.3, 0.4) is 0 Å². The highest BCUT2D eigenvalue weighted by atomic mass is 32.2. The maximum atomic E-state index is 13.1. The second-order valence-electron chi connectivity index (χ2n) is 8.21. The van der Waals surface area contributed by atoms with Crippen molar-refractivity contribution >= 4 is 38.6 Å². The second kappa shape index (κ2) is 10.4. The number of thiophene rings is 1. The number of hydrogen-bond acceptors (Lipinski definition) is 5. The normalized spacial score (nSPS) is 15.1. The number of carbonyl (C=O) groups is 1. The number of halogens is 3. The van der Waals surface area contributed by atoms with Crippen LogP contribution in [0.2, 0.25) is 0 Å². The predicted molar refractivity (Wildman–Crippen MR) is 129 cm³/mol. The summed E-state index contributed by atoms with van der Waals surface area (Å²) in [6.07, 6.45) is -3.22. The zero-order chi connectivity index (χ0) is 25.1. The number of amides is 2. The summed E-state index contributed by atoms with van der Waals surface area (Å²) in [5.41, 5.74) is 0.669. The van der Waals surface area contributed by atoms with Gasteiger partial charge in [0, 0.05) is 24.5 Å². The largest absolute Gasteiger partial charge is 0.416 e. The Morgan fingerprint density at radius 2 is 1.83 bits per heavy atom. The number of hydrogen-bond donors (Lipinski definition) is 2. The molecule has 4 rings (SSSR count). The van der Waals surface area contributed by atoms with E-state index >= 15 is 0 Å². The maximum Gasteiger partial charge on any atom is 0.416 e. The quantitative estimate of drug-likeness (QED) is 0.398. The Hall–Kier alpha value is -2.89. The van der Waals surface area contributed by atoms with E-state index < -0.39 is 27.6 Å². The molecule has 3 aromatic rings. The number of carbonyl (C=O) groups excluding carboxylic acids is 1. The van der Waals surface area contributed by atoms with Crippen LogP contribution in [0.15, 0.2) is 64.2 Å². The SMILES string of the molecule is O=C(Nc1cccc(C(F)(F)F)c1)Nc1cc(S(=O)(=O)CC2CCOCC2)ccc1-c1ccsc1. The average molecular weight is 525 g/mol. The van der Waals surface area contributed by atoms with Gasteiger partial charge in [0.1, 0.15) is 0 Å². The first-order valence-corrected chi connectivity index (χ1v) is 13.4. The third-order valence-corrected chi connectivity index (χ3v) is 8.24. The van der Waals surface area contributed by atoms with Gasteiger partial charge in [0.2, 0.25) is 0 Å². The molecular weight excluding hydrogens is 501 g/mol. The molecular formula is C24H23F3N2O4S2. The van der Waals surface area contributed by atoms with Gasteiger partial charge in [-0.15, -0.1) is 0 Å². The molecule has 1 aliphatic rings. The lowest BCUT2D eigenvalue weighted by atomic mass is 10.0. The number of ether oxygens (including phenoxy) is 1. The van der Waals surface area contributed by atoms with E-state index in [0.29, 0.717) is 31.6 Å². The minimum absolute atomic E-state index is 0.00841. The molecule has 0 saturated carbocycles. The number of nitrogens with one attached hydrogen (secondary N) is 2. The molecule has 2 aromatic carbocycles. The van der Waals surface area contributed by atoms with Crippen LogP contribution >= 0.6 is 11.3 Å². The first-order valence-electron chi connectivity index (χ1n) is 10.8. The third-order valence-electron chi connectivity index (χ3n) is 5.67. The van der Waals surface area contributed by atoms with Crippen LogP contribution in [-0.2, 0) is 20.8 Å². The highest BCUT2D eigenvalue weighted by Crippen LogP contribution is 2.34. The van der Waals surface area contributed by atoms with E-state index in [9.17, 15) is 26.4 Å². The molecule has 1 aromatic heterocycles. The molecule has 6 nitrogen and oxygen atoms in total. The highest BCUT2D eigenvalue weighted by Gasteiger charge is 2.30. The average Bonchev–Trinajstić information content (AvgIpc) is 3.34. The van der Waals surface area contributed by atoms with Crippen molar-refractivity contribution < 1.29 is 31.1 Å². The summed E-state index contributed by atoms with van der Waals surface area (Å²) in [5, 5.41) is 8.69. The summed E-state index contributed by atoms with van der Waals surface area (Å²) >= 11 is 1.44. The van der Waals surface area contributed by atoms with E-state index in [1.54, 1.807) is 6.07 Å². The Morgan fingerprint density at radius 3 is 2.51 bits per heavy atom. The first-order chi connectivity index (χ1) is 16.6. The van der Waals surface area contributed by atoms with Gasteiger partial charge >= 0.3 is 12.2 Å². The van der Waals surface area contributed by atoms with E-state index in [-0.39, 0.29) is 27.9 Å². The Kier molecular flexibility index (Phi) is 7.48. The van der Waals surface area contributed by atoms with Crippen molar-refractivity contribution in [1.82, 2.24) is 0 Å². The molecule has 1 aliphatic heterocycles. The molecule has 2 heterocycles. The predicted octanol–water partition coefficient (Wildman–Crippen LogP) is 6.28. The van der Waals surface area contributed by atoms with Crippen molar-refractivity contribution in [3.63, 3.8) is 0 Å². The molecule has 35 heavy (non-hydrogen) atoms. The van der Waals surface area contributed by atoms with E-state index in [2.05, 4.69) is 10.6 Å². The number of urea groups is 1. The van der Waals surface area contributed by atoms with Gasteiger partial charge in [0.15, 0.2) is 9.84 Å². The lowest BCUT2D eigenvalue weighted by Crippen LogP contribution is -2.24. The van der Waals surface area contributed by atoms with Crippen LogP contribution in [0.4, 0.5) is 29.3 Å². The molecule has 0 aliphatic carbocycles. The molecule has 1 fully saturated rings. The molecule has 0 radical (unpaired) electrons. The molecule has 2 N–H and O–H groups in total. The summed E-state index contributed by atoms with van der Waals surface area (Å²) in [6.45, 7) is 1.06. The minimum atomic E-state index is -4.55. The van der Waals surface area contributed by atoms with Crippen LogP contribution in [0.5, 0.6) is 0 Å². The van der Waals surface area contributed by atoms with E-state index in [1.807, 2.05) is 16.8 Å². The lowest BCUT2D eigenvalue weighted by Gasteiger charge is -2.22. The number of sulfone groups is 1. The smallest absolute Gasteiger partial charge is 0.381 e. The zero-order valence-corrected chi connectivity index (χ0v) is 20.1. The number of anilines is 2. The van der Waals surface area contributed by atoms with Crippen molar-refractivity contribution in [2.24, 2.45) is 5.92 Å².